The zero-order valence-electron chi connectivity index (χ0n) is 18.9. The van der Waals surface area contributed by atoms with E-state index < -0.39 is 0 Å². The molecule has 0 radical (unpaired) electrons. The third-order valence-electron chi connectivity index (χ3n) is 6.53. The second-order valence-electron chi connectivity index (χ2n) is 8.55. The van der Waals surface area contributed by atoms with Crippen molar-refractivity contribution < 1.29 is 9.53 Å². The molecule has 1 aliphatic rings. The number of nitrogens with zero attached hydrogens (tertiary/aromatic N) is 4. The van der Waals surface area contributed by atoms with E-state index in [9.17, 15) is 4.79 Å². The molecule has 4 aromatic rings. The van der Waals surface area contributed by atoms with Crippen molar-refractivity contribution in [2.75, 3.05) is 31.6 Å². The molecule has 0 spiro atoms. The lowest BCUT2D eigenvalue weighted by molar-refractivity contribution is -0.125. The Balaban J connectivity index is 1.13. The fourth-order valence-corrected chi connectivity index (χ4v) is 4.68. The van der Waals surface area contributed by atoms with Crippen LogP contribution in [0.4, 0.5) is 5.69 Å². The predicted molar refractivity (Wildman–Crippen MR) is 131 cm³/mol. The molecule has 0 aliphatic carbocycles. The maximum absolute atomic E-state index is 12.7. The zero-order valence-corrected chi connectivity index (χ0v) is 18.9. The van der Waals surface area contributed by atoms with Gasteiger partial charge in [0.2, 0.25) is 5.91 Å². The number of anilines is 1. The Kier molecular flexibility index (Phi) is 6.11. The molecule has 2 aromatic carbocycles. The van der Waals surface area contributed by atoms with E-state index in [1.165, 1.54) is 0 Å². The maximum Gasteiger partial charge on any atom is 0.223 e. The van der Waals surface area contributed by atoms with Gasteiger partial charge in [-0.05, 0) is 49.6 Å². The van der Waals surface area contributed by atoms with Gasteiger partial charge < -0.3 is 15.0 Å². The van der Waals surface area contributed by atoms with Gasteiger partial charge in [-0.15, -0.1) is 0 Å². The van der Waals surface area contributed by atoms with Crippen molar-refractivity contribution in [2.45, 2.75) is 25.8 Å². The normalized spacial score (nSPS) is 14.6. The van der Waals surface area contributed by atoms with Gasteiger partial charge in [0, 0.05) is 54.8 Å². The van der Waals surface area contributed by atoms with Gasteiger partial charge in [-0.3, -0.25) is 14.5 Å². The lowest BCUT2D eigenvalue weighted by Gasteiger charge is -2.33. The highest BCUT2D eigenvalue weighted by molar-refractivity contribution is 5.92. The summed E-state index contributed by atoms with van der Waals surface area (Å²) in [6, 6.07) is 16.2. The van der Waals surface area contributed by atoms with Gasteiger partial charge >= 0.3 is 0 Å². The quantitative estimate of drug-likeness (QED) is 0.437. The number of rotatable bonds is 7. The number of carbonyl (C=O) groups excluding carboxylic acids is 1. The molecule has 1 N–H and O–H groups in total. The molecule has 1 amide bonds. The number of hydrogen-bond acceptors (Lipinski definition) is 5. The maximum atomic E-state index is 12.7. The summed E-state index contributed by atoms with van der Waals surface area (Å²) in [5.74, 6) is 1.06. The van der Waals surface area contributed by atoms with Gasteiger partial charge in [-0.1, -0.05) is 18.2 Å². The number of methoxy groups -OCH3 is 1. The highest BCUT2D eigenvalue weighted by Crippen LogP contribution is 2.31. The molecule has 7 nitrogen and oxygen atoms in total. The van der Waals surface area contributed by atoms with E-state index in [-0.39, 0.29) is 11.8 Å². The first-order valence-corrected chi connectivity index (χ1v) is 11.6. The summed E-state index contributed by atoms with van der Waals surface area (Å²) in [7, 11) is 1.68. The third-order valence-corrected chi connectivity index (χ3v) is 6.53. The van der Waals surface area contributed by atoms with E-state index in [1.54, 1.807) is 7.11 Å². The molecule has 1 aliphatic heterocycles. The molecule has 3 heterocycles. The summed E-state index contributed by atoms with van der Waals surface area (Å²) in [6.07, 6.45) is 6.31. The monoisotopic (exact) mass is 443 g/mol. The Labute approximate surface area is 193 Å². The van der Waals surface area contributed by atoms with Crippen molar-refractivity contribution in [2.24, 2.45) is 5.92 Å². The molecule has 1 saturated heterocycles. The fourth-order valence-electron chi connectivity index (χ4n) is 4.68. The third kappa shape index (κ3) is 4.49. The van der Waals surface area contributed by atoms with E-state index in [1.807, 2.05) is 47.4 Å². The number of ether oxygens (including phenoxy) is 1. The first kappa shape index (κ1) is 21.2. The van der Waals surface area contributed by atoms with Gasteiger partial charge in [0.1, 0.15) is 5.75 Å². The van der Waals surface area contributed by atoms with E-state index in [0.717, 1.165) is 72.1 Å². The van der Waals surface area contributed by atoms with Crippen LogP contribution in [0, 0.1) is 5.92 Å². The number of para-hydroxylation sites is 1. The summed E-state index contributed by atoms with van der Waals surface area (Å²) < 4.78 is 7.41. The van der Waals surface area contributed by atoms with Gasteiger partial charge in [0.15, 0.2) is 0 Å². The van der Waals surface area contributed by atoms with Crippen molar-refractivity contribution in [1.29, 1.82) is 0 Å². The van der Waals surface area contributed by atoms with Crippen LogP contribution in [0.3, 0.4) is 0 Å². The molecular weight excluding hydrogens is 414 g/mol. The fraction of sp³-hybridized carbons (Fsp3) is 0.346. The minimum atomic E-state index is 0.0643. The second kappa shape index (κ2) is 9.48. The molecule has 0 bridgehead atoms. The summed E-state index contributed by atoms with van der Waals surface area (Å²) >= 11 is 0. The molecule has 0 saturated carbocycles. The number of aryl methyl sites for hydroxylation is 1. The van der Waals surface area contributed by atoms with E-state index >= 15 is 0 Å². The Hall–Kier alpha value is -3.61. The first-order chi connectivity index (χ1) is 16.2. The lowest BCUT2D eigenvalue weighted by Crippen LogP contribution is -2.41. The Morgan fingerprint density at radius 2 is 2.00 bits per heavy atom. The lowest BCUT2D eigenvalue weighted by atomic mass is 9.95. The number of benzene rings is 2. The minimum Gasteiger partial charge on any atom is -0.497 e. The standard InChI is InChI=1S/C26H29N5O2/c1-33-21-7-8-23-22(17-21)25(9-13-27-23)30-15-10-19(11-16-30)26(32)28-12-4-14-31-24-6-3-2-5-20(24)18-29-31/h2-3,5-9,13,17-19H,4,10-12,14-16H2,1H3,(H,28,32). The van der Waals surface area contributed by atoms with Gasteiger partial charge in [0.05, 0.1) is 24.3 Å². The average Bonchev–Trinajstić information content (AvgIpc) is 3.29. The summed E-state index contributed by atoms with van der Waals surface area (Å²) in [6.45, 7) is 3.17. The topological polar surface area (TPSA) is 72.3 Å². The number of aromatic nitrogens is 3. The molecule has 33 heavy (non-hydrogen) atoms. The number of amides is 1. The summed E-state index contributed by atoms with van der Waals surface area (Å²) in [4.78, 5) is 19.6. The molecule has 0 atom stereocenters. The number of nitrogens with one attached hydrogen (secondary N) is 1. The molecule has 1 fully saturated rings. The predicted octanol–water partition coefficient (Wildman–Crippen LogP) is 4.02. The van der Waals surface area contributed by atoms with Crippen LogP contribution in [0.15, 0.2) is 60.9 Å². The molecule has 0 unspecified atom stereocenters. The smallest absolute Gasteiger partial charge is 0.223 e. The molecule has 7 heteroatoms. The number of piperidine rings is 1. The molecular formula is C26H29N5O2. The van der Waals surface area contributed by atoms with Crippen LogP contribution < -0.4 is 15.0 Å². The largest absolute Gasteiger partial charge is 0.497 e. The van der Waals surface area contributed by atoms with Gasteiger partial charge in [0.25, 0.3) is 0 Å². The van der Waals surface area contributed by atoms with E-state index in [2.05, 4.69) is 38.5 Å². The van der Waals surface area contributed by atoms with Crippen LogP contribution in [0.25, 0.3) is 21.8 Å². The van der Waals surface area contributed by atoms with Crippen LogP contribution in [0.2, 0.25) is 0 Å². The Bertz CT molecular complexity index is 1260. The zero-order chi connectivity index (χ0) is 22.6. The number of hydrogen-bond donors (Lipinski definition) is 1. The SMILES string of the molecule is COc1ccc2nccc(N3CCC(C(=O)NCCCn4ncc5ccccc54)CC3)c2c1. The average molecular weight is 444 g/mol. The van der Waals surface area contributed by atoms with Crippen LogP contribution in [0.1, 0.15) is 19.3 Å². The van der Waals surface area contributed by atoms with Crippen molar-refractivity contribution in [1.82, 2.24) is 20.1 Å². The van der Waals surface area contributed by atoms with Crippen molar-refractivity contribution in [3.8, 4) is 5.75 Å². The van der Waals surface area contributed by atoms with Gasteiger partial charge in [-0.2, -0.15) is 5.10 Å². The number of carbonyl (C=O) groups is 1. The molecule has 170 valence electrons. The van der Waals surface area contributed by atoms with Crippen molar-refractivity contribution >= 4 is 33.4 Å². The molecule has 5 rings (SSSR count). The van der Waals surface area contributed by atoms with Crippen molar-refractivity contribution in [3.63, 3.8) is 0 Å². The van der Waals surface area contributed by atoms with Crippen LogP contribution in [-0.2, 0) is 11.3 Å². The minimum absolute atomic E-state index is 0.0643. The summed E-state index contributed by atoms with van der Waals surface area (Å²) in [5, 5.41) is 9.83. The highest BCUT2D eigenvalue weighted by Gasteiger charge is 2.25. The number of fused-ring (bicyclic) bond motifs is 2. The van der Waals surface area contributed by atoms with Gasteiger partial charge in [-0.25, -0.2) is 0 Å². The van der Waals surface area contributed by atoms with Crippen LogP contribution in [0.5, 0.6) is 5.75 Å². The highest BCUT2D eigenvalue weighted by atomic mass is 16.5. The number of pyridine rings is 1. The Morgan fingerprint density at radius 1 is 1.15 bits per heavy atom. The van der Waals surface area contributed by atoms with Crippen LogP contribution in [-0.4, -0.2) is 47.4 Å². The van der Waals surface area contributed by atoms with Crippen molar-refractivity contribution in [3.05, 3.63) is 60.9 Å². The van der Waals surface area contributed by atoms with E-state index in [0.29, 0.717) is 6.54 Å². The second-order valence-corrected chi connectivity index (χ2v) is 8.55. The molecule has 2 aromatic heterocycles. The summed E-state index contributed by atoms with van der Waals surface area (Å²) in [5.41, 5.74) is 3.25. The Morgan fingerprint density at radius 3 is 2.85 bits per heavy atom. The van der Waals surface area contributed by atoms with E-state index in [4.69, 9.17) is 4.74 Å². The first-order valence-electron chi connectivity index (χ1n) is 11.6. The van der Waals surface area contributed by atoms with Crippen LogP contribution >= 0.6 is 0 Å².